The van der Waals surface area contributed by atoms with E-state index in [1.807, 2.05) is 0 Å². The predicted molar refractivity (Wildman–Crippen MR) is 107 cm³/mol. The largest absolute Gasteiger partial charge is 1.00 e. The minimum atomic E-state index is -4.73. The molecule has 0 saturated carbocycles. The molecule has 0 spiro atoms. The van der Waals surface area contributed by atoms with Crippen molar-refractivity contribution in [2.24, 2.45) is 10.1 Å². The summed E-state index contributed by atoms with van der Waals surface area (Å²) >= 11 is 0. The minimum Gasteiger partial charge on any atom is -0.858 e. The molecule has 0 aliphatic carbocycles. The molecule has 3 heterocycles. The van der Waals surface area contributed by atoms with Crippen molar-refractivity contribution < 1.29 is 58.3 Å². The number of fused-ring (bicyclic) bond motifs is 1. The maximum atomic E-state index is 12.4. The van der Waals surface area contributed by atoms with Gasteiger partial charge < -0.3 is 19.6 Å². The Morgan fingerprint density at radius 3 is 2.79 bits per heavy atom. The van der Waals surface area contributed by atoms with Gasteiger partial charge in [0.2, 0.25) is 0 Å². The standard InChI is InChI=1S/C17H17N8O6P.Na/c18-24-23-11-6-13(31-12(11)7-30-32(27,28)29)25-9-21-14-15(19-8-20-16(14)25)22-17(26)10-4-2-1-3-5-10;/h1-5,8-9,11-13H,6-7H2,(H2,27,28,29)(H,19,20,22,26);/q;+1/p-1/t11-,12+,13+;/m0./s1. The first kappa shape index (κ1) is 25.2. The van der Waals surface area contributed by atoms with Crippen molar-refractivity contribution in [1.82, 2.24) is 19.5 Å². The number of hydrogen-bond donors (Lipinski definition) is 2. The second-order valence-electron chi connectivity index (χ2n) is 6.73. The maximum absolute atomic E-state index is 12.4. The SMILES string of the molecule is [N-]=[N+]=N[C@H]1C[C@H](n2cnc3c(N=C([O-])c4ccccc4)ncnc32)O[C@@H]1COP(=O)(O)O.[Na+]. The summed E-state index contributed by atoms with van der Waals surface area (Å²) in [4.78, 5) is 37.1. The van der Waals surface area contributed by atoms with Gasteiger partial charge in [0.05, 0.1) is 25.1 Å². The molecular formula is C17H16N8NaO6P. The van der Waals surface area contributed by atoms with Crippen molar-refractivity contribution in [1.29, 1.82) is 0 Å². The summed E-state index contributed by atoms with van der Waals surface area (Å²) in [6, 6.07) is 7.74. The van der Waals surface area contributed by atoms with Gasteiger partial charge in [0.25, 0.3) is 0 Å². The molecule has 33 heavy (non-hydrogen) atoms. The third-order valence-electron chi connectivity index (χ3n) is 4.69. The molecule has 1 saturated heterocycles. The number of hydrogen-bond acceptors (Lipinski definition) is 9. The molecule has 0 unspecified atom stereocenters. The van der Waals surface area contributed by atoms with Crippen LogP contribution in [0.2, 0.25) is 0 Å². The van der Waals surface area contributed by atoms with Crippen LogP contribution in [0, 0.1) is 0 Å². The van der Waals surface area contributed by atoms with Gasteiger partial charge in [-0.25, -0.2) is 24.5 Å². The first-order valence-electron chi connectivity index (χ1n) is 9.24. The monoisotopic (exact) mass is 482 g/mol. The molecule has 0 radical (unpaired) electrons. The van der Waals surface area contributed by atoms with Crippen molar-refractivity contribution in [2.75, 3.05) is 6.61 Å². The third-order valence-corrected chi connectivity index (χ3v) is 5.17. The normalized spacial score (nSPS) is 20.9. The first-order valence-corrected chi connectivity index (χ1v) is 10.8. The molecule has 0 amide bonds. The summed E-state index contributed by atoms with van der Waals surface area (Å²) < 4.78 is 22.9. The van der Waals surface area contributed by atoms with Gasteiger partial charge in [-0.05, 0) is 17.0 Å². The Morgan fingerprint density at radius 2 is 2.09 bits per heavy atom. The van der Waals surface area contributed by atoms with E-state index in [-0.39, 0.29) is 47.3 Å². The molecule has 4 rings (SSSR count). The van der Waals surface area contributed by atoms with Crippen LogP contribution in [-0.4, -0.2) is 54.0 Å². The molecule has 0 bridgehead atoms. The van der Waals surface area contributed by atoms with E-state index in [1.165, 1.54) is 12.7 Å². The summed E-state index contributed by atoms with van der Waals surface area (Å²) in [6.07, 6.45) is 1.21. The Morgan fingerprint density at radius 1 is 1.33 bits per heavy atom. The molecule has 1 aliphatic rings. The van der Waals surface area contributed by atoms with Crippen LogP contribution >= 0.6 is 7.82 Å². The van der Waals surface area contributed by atoms with Crippen molar-refractivity contribution in [3.63, 3.8) is 0 Å². The number of azide groups is 1. The number of imidazole rings is 1. The zero-order valence-corrected chi connectivity index (χ0v) is 20.1. The number of benzene rings is 1. The molecule has 3 atom stereocenters. The summed E-state index contributed by atoms with van der Waals surface area (Å²) in [6.45, 7) is -0.474. The van der Waals surface area contributed by atoms with Crippen LogP contribution < -0.4 is 34.7 Å². The van der Waals surface area contributed by atoms with Crippen molar-refractivity contribution >= 4 is 30.7 Å². The fourth-order valence-electron chi connectivity index (χ4n) is 3.27. The Balaban J connectivity index is 0.00000306. The third kappa shape index (κ3) is 5.95. The summed E-state index contributed by atoms with van der Waals surface area (Å²) in [7, 11) is -4.73. The maximum Gasteiger partial charge on any atom is 1.00 e. The van der Waals surface area contributed by atoms with E-state index in [1.54, 1.807) is 34.9 Å². The number of nitrogens with zero attached hydrogens (tertiary/aromatic N) is 8. The smallest absolute Gasteiger partial charge is 0.858 e. The summed E-state index contributed by atoms with van der Waals surface area (Å²) in [5.74, 6) is -0.413. The quantitative estimate of drug-likeness (QED) is 0.0751. The molecule has 16 heteroatoms. The Bertz CT molecular complexity index is 1240. The van der Waals surface area contributed by atoms with Crippen LogP contribution in [-0.2, 0) is 13.8 Å². The van der Waals surface area contributed by atoms with Crippen molar-refractivity contribution in [3.05, 3.63) is 59.0 Å². The number of phosphoric acid groups is 1. The summed E-state index contributed by atoms with van der Waals surface area (Å²) in [5.41, 5.74) is 9.77. The van der Waals surface area contributed by atoms with Gasteiger partial charge in [-0.2, -0.15) is 0 Å². The van der Waals surface area contributed by atoms with E-state index in [2.05, 4.69) is 34.5 Å². The van der Waals surface area contributed by atoms with Gasteiger partial charge in [0, 0.05) is 11.3 Å². The average molecular weight is 482 g/mol. The van der Waals surface area contributed by atoms with E-state index in [0.717, 1.165) is 0 Å². The molecule has 1 aliphatic heterocycles. The van der Waals surface area contributed by atoms with Crippen molar-refractivity contribution in [2.45, 2.75) is 24.8 Å². The number of aliphatic imine (C=N–C) groups is 1. The van der Waals surface area contributed by atoms with Gasteiger partial charge >= 0.3 is 37.4 Å². The number of aromatic nitrogens is 4. The van der Waals surface area contributed by atoms with E-state index >= 15 is 0 Å². The molecule has 2 aromatic heterocycles. The first-order chi connectivity index (χ1) is 15.4. The van der Waals surface area contributed by atoms with Crippen LogP contribution in [0.15, 0.2) is 53.1 Å². The second-order valence-corrected chi connectivity index (χ2v) is 7.97. The molecule has 2 N–H and O–H groups in total. The number of rotatable bonds is 7. The topological polar surface area (TPSA) is 204 Å². The fraction of sp³-hybridized carbons (Fsp3) is 0.294. The average Bonchev–Trinajstić information content (AvgIpc) is 3.37. The zero-order chi connectivity index (χ0) is 22.7. The summed E-state index contributed by atoms with van der Waals surface area (Å²) in [5, 5.41) is 16.1. The molecule has 1 aromatic carbocycles. The van der Waals surface area contributed by atoms with Crippen LogP contribution in [0.25, 0.3) is 21.6 Å². The fourth-order valence-corrected chi connectivity index (χ4v) is 3.61. The van der Waals surface area contributed by atoms with Gasteiger partial charge in [-0.15, -0.1) is 0 Å². The molecule has 166 valence electrons. The van der Waals surface area contributed by atoms with Crippen LogP contribution in [0.5, 0.6) is 0 Å². The molecular weight excluding hydrogens is 466 g/mol. The van der Waals surface area contributed by atoms with E-state index in [9.17, 15) is 9.67 Å². The van der Waals surface area contributed by atoms with Gasteiger partial charge in [-0.1, -0.05) is 35.4 Å². The molecule has 1 fully saturated rings. The molecule has 14 nitrogen and oxygen atoms in total. The number of ether oxygens (including phenoxy) is 1. The second kappa shape index (κ2) is 10.7. The Kier molecular flexibility index (Phi) is 8.19. The van der Waals surface area contributed by atoms with Gasteiger partial charge in [0.15, 0.2) is 17.0 Å². The Hall–Kier alpha value is -2.38. The van der Waals surface area contributed by atoms with E-state index < -0.39 is 38.7 Å². The molecule has 3 aromatic rings. The van der Waals surface area contributed by atoms with Gasteiger partial charge in [-0.3, -0.25) is 9.09 Å². The van der Waals surface area contributed by atoms with Gasteiger partial charge in [0.1, 0.15) is 12.6 Å². The van der Waals surface area contributed by atoms with Crippen molar-refractivity contribution in [3.8, 4) is 0 Å². The predicted octanol–water partition coefficient (Wildman–Crippen LogP) is -1.66. The van der Waals surface area contributed by atoms with E-state index in [4.69, 9.17) is 20.1 Å². The van der Waals surface area contributed by atoms with Crippen LogP contribution in [0.4, 0.5) is 5.82 Å². The number of phosphoric ester groups is 1. The van der Waals surface area contributed by atoms with E-state index in [0.29, 0.717) is 11.2 Å². The Labute approximate surface area is 208 Å². The van der Waals surface area contributed by atoms with Crippen LogP contribution in [0.3, 0.4) is 0 Å². The zero-order valence-electron chi connectivity index (χ0n) is 17.2. The van der Waals surface area contributed by atoms with Crippen LogP contribution in [0.1, 0.15) is 18.2 Å². The minimum absolute atomic E-state index is 0.